The van der Waals surface area contributed by atoms with Gasteiger partial charge in [-0.05, 0) is 46.9 Å². The van der Waals surface area contributed by atoms with E-state index in [1.165, 1.54) is 11.1 Å². The number of allylic oxidation sites excluding steroid dienone is 3. The summed E-state index contributed by atoms with van der Waals surface area (Å²) in [6, 6.07) is 6.20. The smallest absolute Gasteiger partial charge is 0.0688 e. The molecule has 0 aliphatic heterocycles. The van der Waals surface area contributed by atoms with Crippen molar-refractivity contribution in [2.24, 2.45) is 0 Å². The molecule has 0 radical (unpaired) electrons. The zero-order valence-corrected chi connectivity index (χ0v) is 10.2. The van der Waals surface area contributed by atoms with Crippen molar-refractivity contribution in [3.63, 3.8) is 0 Å². The summed E-state index contributed by atoms with van der Waals surface area (Å²) in [6.07, 6.45) is 5.27. The van der Waals surface area contributed by atoms with Gasteiger partial charge in [0.25, 0.3) is 0 Å². The monoisotopic (exact) mass is 264 g/mol. The van der Waals surface area contributed by atoms with Crippen LogP contribution in [-0.4, -0.2) is 11.7 Å². The fourth-order valence-corrected chi connectivity index (χ4v) is 2.26. The lowest BCUT2D eigenvalue weighted by molar-refractivity contribution is 0.350. The Morgan fingerprint density at radius 3 is 2.80 bits per heavy atom. The fraction of sp³-hybridized carbons (Fsp3) is 0.231. The molecule has 1 aliphatic rings. The number of aliphatic hydroxyl groups is 1. The van der Waals surface area contributed by atoms with Crippen molar-refractivity contribution in [3.8, 4) is 0 Å². The zero-order chi connectivity index (χ0) is 10.8. The van der Waals surface area contributed by atoms with Gasteiger partial charge in [0, 0.05) is 4.47 Å². The summed E-state index contributed by atoms with van der Waals surface area (Å²) in [5.74, 6) is 0. The summed E-state index contributed by atoms with van der Waals surface area (Å²) in [5.41, 5.74) is 4.60. The third kappa shape index (κ3) is 1.92. The molecule has 1 aliphatic carbocycles. The van der Waals surface area contributed by atoms with E-state index in [9.17, 15) is 5.11 Å². The van der Waals surface area contributed by atoms with E-state index in [1.807, 2.05) is 6.07 Å². The second kappa shape index (κ2) is 4.33. The normalized spacial score (nSPS) is 16.7. The van der Waals surface area contributed by atoms with Crippen LogP contribution in [0.1, 0.15) is 24.5 Å². The van der Waals surface area contributed by atoms with Gasteiger partial charge >= 0.3 is 0 Å². The Bertz CT molecular complexity index is 444. The van der Waals surface area contributed by atoms with Crippen LogP contribution >= 0.6 is 15.9 Å². The molecule has 2 heteroatoms. The molecule has 0 fully saturated rings. The highest BCUT2D eigenvalue weighted by Crippen LogP contribution is 2.36. The Morgan fingerprint density at radius 1 is 1.33 bits per heavy atom. The van der Waals surface area contributed by atoms with E-state index in [4.69, 9.17) is 0 Å². The Hall–Kier alpha value is -0.860. The Balaban J connectivity index is 2.56. The van der Waals surface area contributed by atoms with E-state index in [0.717, 1.165) is 22.0 Å². The molecule has 0 spiro atoms. The molecule has 0 saturated carbocycles. The number of halogens is 1. The molecule has 2 rings (SSSR count). The van der Waals surface area contributed by atoms with Crippen LogP contribution in [0.25, 0.3) is 11.1 Å². The van der Waals surface area contributed by atoms with Gasteiger partial charge < -0.3 is 5.11 Å². The molecule has 1 aromatic carbocycles. The summed E-state index contributed by atoms with van der Waals surface area (Å²) in [6.45, 7) is 2.22. The first-order chi connectivity index (χ1) is 7.26. The summed E-state index contributed by atoms with van der Waals surface area (Å²) in [5, 5.41) is 9.28. The first kappa shape index (κ1) is 10.7. The molecule has 1 nitrogen and oxygen atoms in total. The molecule has 0 heterocycles. The quantitative estimate of drug-likeness (QED) is 0.865. The van der Waals surface area contributed by atoms with E-state index < -0.39 is 0 Å². The maximum Gasteiger partial charge on any atom is 0.0688 e. The lowest BCUT2D eigenvalue weighted by atomic mass is 10.0. The highest BCUT2D eigenvalue weighted by Gasteiger charge is 2.17. The summed E-state index contributed by atoms with van der Waals surface area (Å²) < 4.78 is 1.05. The summed E-state index contributed by atoms with van der Waals surface area (Å²) >= 11 is 3.45. The van der Waals surface area contributed by atoms with Crippen LogP contribution < -0.4 is 0 Å². The van der Waals surface area contributed by atoms with Crippen molar-refractivity contribution in [1.29, 1.82) is 0 Å². The number of fused-ring (bicyclic) bond motifs is 1. The predicted molar refractivity (Wildman–Crippen MR) is 67.5 cm³/mol. The van der Waals surface area contributed by atoms with Crippen LogP contribution in [0.5, 0.6) is 0 Å². The Morgan fingerprint density at radius 2 is 2.13 bits per heavy atom. The molecule has 15 heavy (non-hydrogen) atoms. The van der Waals surface area contributed by atoms with Gasteiger partial charge in [0.15, 0.2) is 0 Å². The van der Waals surface area contributed by atoms with Gasteiger partial charge in [-0.2, -0.15) is 0 Å². The second-order valence-corrected chi connectivity index (χ2v) is 4.50. The highest BCUT2D eigenvalue weighted by atomic mass is 79.9. The minimum absolute atomic E-state index is 0.102. The van der Waals surface area contributed by atoms with E-state index in [1.54, 1.807) is 0 Å². The Labute approximate surface area is 98.3 Å². The van der Waals surface area contributed by atoms with E-state index >= 15 is 0 Å². The standard InChI is InChI=1S/C13H13BrO/c1-2-3-9-6-10(8-15)13-7-11(14)4-5-12(9)13/h3-7,15H,2,8H2,1H3/b9-3+. The van der Waals surface area contributed by atoms with Crippen molar-refractivity contribution in [3.05, 3.63) is 46.0 Å². The number of rotatable bonds is 2. The van der Waals surface area contributed by atoms with Crippen molar-refractivity contribution in [2.75, 3.05) is 6.61 Å². The molecular formula is C13H13BrO. The van der Waals surface area contributed by atoms with Gasteiger partial charge in [-0.15, -0.1) is 0 Å². The first-order valence-corrected chi connectivity index (χ1v) is 5.87. The number of hydrogen-bond acceptors (Lipinski definition) is 1. The van der Waals surface area contributed by atoms with Crippen molar-refractivity contribution < 1.29 is 5.11 Å². The topological polar surface area (TPSA) is 20.2 Å². The third-order valence-electron chi connectivity index (χ3n) is 2.56. The minimum Gasteiger partial charge on any atom is -0.392 e. The van der Waals surface area contributed by atoms with Crippen LogP contribution in [-0.2, 0) is 0 Å². The summed E-state index contributed by atoms with van der Waals surface area (Å²) in [7, 11) is 0. The van der Waals surface area contributed by atoms with Crippen molar-refractivity contribution in [2.45, 2.75) is 13.3 Å². The number of hydrogen-bond donors (Lipinski definition) is 1. The maximum atomic E-state index is 9.28. The van der Waals surface area contributed by atoms with E-state index in [0.29, 0.717) is 0 Å². The zero-order valence-electron chi connectivity index (χ0n) is 8.63. The first-order valence-electron chi connectivity index (χ1n) is 5.08. The SMILES string of the molecule is CC/C=C1\C=C(CO)c2cc(Br)ccc21. The van der Waals surface area contributed by atoms with E-state index in [-0.39, 0.29) is 6.61 Å². The molecular weight excluding hydrogens is 252 g/mol. The van der Waals surface area contributed by atoms with Gasteiger partial charge in [0.05, 0.1) is 6.61 Å². The molecule has 0 unspecified atom stereocenters. The van der Waals surface area contributed by atoms with Gasteiger partial charge in [-0.1, -0.05) is 35.0 Å². The number of aliphatic hydroxyl groups excluding tert-OH is 1. The molecule has 1 N–H and O–H groups in total. The van der Waals surface area contributed by atoms with Crippen LogP contribution in [0.4, 0.5) is 0 Å². The van der Waals surface area contributed by atoms with Crippen LogP contribution in [0.15, 0.2) is 34.8 Å². The van der Waals surface area contributed by atoms with Crippen LogP contribution in [0.2, 0.25) is 0 Å². The van der Waals surface area contributed by atoms with Gasteiger partial charge in [-0.25, -0.2) is 0 Å². The Kier molecular flexibility index (Phi) is 3.08. The lowest BCUT2D eigenvalue weighted by Gasteiger charge is -2.03. The molecule has 0 atom stereocenters. The van der Waals surface area contributed by atoms with Crippen LogP contribution in [0, 0.1) is 0 Å². The van der Waals surface area contributed by atoms with E-state index in [2.05, 4.69) is 47.1 Å². The van der Waals surface area contributed by atoms with Crippen molar-refractivity contribution in [1.82, 2.24) is 0 Å². The summed E-state index contributed by atoms with van der Waals surface area (Å²) in [4.78, 5) is 0. The molecule has 0 amide bonds. The largest absolute Gasteiger partial charge is 0.392 e. The third-order valence-corrected chi connectivity index (χ3v) is 3.06. The number of benzene rings is 1. The van der Waals surface area contributed by atoms with Gasteiger partial charge in [0.2, 0.25) is 0 Å². The van der Waals surface area contributed by atoms with Crippen molar-refractivity contribution >= 4 is 27.1 Å². The fourth-order valence-electron chi connectivity index (χ4n) is 1.90. The average molecular weight is 265 g/mol. The highest BCUT2D eigenvalue weighted by molar-refractivity contribution is 9.10. The molecule has 0 aromatic heterocycles. The molecule has 0 saturated heterocycles. The predicted octanol–water partition coefficient (Wildman–Crippen LogP) is 3.63. The van der Waals surface area contributed by atoms with Gasteiger partial charge in [-0.3, -0.25) is 0 Å². The molecule has 0 bridgehead atoms. The molecule has 78 valence electrons. The average Bonchev–Trinajstić information content (AvgIpc) is 2.56. The van der Waals surface area contributed by atoms with Gasteiger partial charge in [0.1, 0.15) is 0 Å². The van der Waals surface area contributed by atoms with Crippen LogP contribution in [0.3, 0.4) is 0 Å². The molecule has 1 aromatic rings. The minimum atomic E-state index is 0.102. The maximum absolute atomic E-state index is 9.28. The lowest BCUT2D eigenvalue weighted by Crippen LogP contribution is -1.88. The second-order valence-electron chi connectivity index (χ2n) is 3.59.